The van der Waals surface area contributed by atoms with E-state index < -0.39 is 23.3 Å². The zero-order valence-corrected chi connectivity index (χ0v) is 21.8. The fourth-order valence-corrected chi connectivity index (χ4v) is 4.94. The highest BCUT2D eigenvalue weighted by molar-refractivity contribution is 14.1. The minimum Gasteiger partial charge on any atom is -0.496 e. The molecule has 1 aliphatic carbocycles. The topological polar surface area (TPSA) is 89.0 Å². The molecule has 188 valence electrons. The molecule has 0 saturated carbocycles. The Morgan fingerprint density at radius 3 is 2.69 bits per heavy atom. The molecule has 0 spiro atoms. The maximum absolute atomic E-state index is 13.0. The Kier molecular flexibility index (Phi) is 7.32. The predicted molar refractivity (Wildman–Crippen MR) is 139 cm³/mol. The number of nitrogens with zero attached hydrogens (tertiary/aromatic N) is 2. The number of ether oxygens (including phenoxy) is 1. The van der Waals surface area contributed by atoms with Gasteiger partial charge in [-0.15, -0.1) is 16.7 Å². The van der Waals surface area contributed by atoms with Gasteiger partial charge in [0, 0.05) is 20.9 Å². The number of aromatic nitrogens is 3. The largest absolute Gasteiger partial charge is 0.496 e. The minimum absolute atomic E-state index is 0.0246. The molecule has 0 radical (unpaired) electrons. The number of H-pyrrole nitrogens is 1. The molecular formula is C24H19ClF3IN4O3. The molecular weight excluding hydrogens is 612 g/mol. The van der Waals surface area contributed by atoms with Gasteiger partial charge in [-0.25, -0.2) is 4.79 Å². The Labute approximate surface area is 222 Å². The van der Waals surface area contributed by atoms with Crippen LogP contribution in [-0.4, -0.2) is 33.2 Å². The number of alkyl halides is 4. The highest BCUT2D eigenvalue weighted by Crippen LogP contribution is 2.37. The number of aromatic amines is 1. The number of benzene rings is 2. The number of carbonyl (C=O) groups is 1. The molecule has 0 fully saturated rings. The third-order valence-electron chi connectivity index (χ3n) is 5.54. The van der Waals surface area contributed by atoms with Crippen molar-refractivity contribution in [3.63, 3.8) is 0 Å². The Morgan fingerprint density at radius 1 is 1.25 bits per heavy atom. The summed E-state index contributed by atoms with van der Waals surface area (Å²) in [5.74, 6) is -0.207. The number of nitrogens with one attached hydrogen (secondary N) is 2. The number of halogens is 5. The van der Waals surface area contributed by atoms with Gasteiger partial charge in [0.25, 0.3) is 5.91 Å². The lowest BCUT2D eigenvalue weighted by Gasteiger charge is -2.21. The molecule has 2 unspecified atom stereocenters. The first-order chi connectivity index (χ1) is 17.0. The predicted octanol–water partition coefficient (Wildman–Crippen LogP) is 5.80. The Morgan fingerprint density at radius 2 is 2.00 bits per heavy atom. The molecule has 12 heteroatoms. The maximum Gasteiger partial charge on any atom is 0.416 e. The van der Waals surface area contributed by atoms with Crippen molar-refractivity contribution in [3.05, 3.63) is 85.6 Å². The first-order valence-corrected chi connectivity index (χ1v) is 12.1. The molecule has 1 aromatic heterocycles. The molecule has 1 aliphatic rings. The zero-order chi connectivity index (χ0) is 26.2. The number of hydrogen-bond acceptors (Lipinski definition) is 4. The number of carbonyl (C=O) groups excluding carboxylic acids is 1. The SMILES string of the molecule is COc1cc(-n2nc(C3=C(I)C=CC(C)C3Cl)[nH]c2=O)ccc1C(=O)Nc1cccc(C(F)(F)F)c1. The summed E-state index contributed by atoms with van der Waals surface area (Å²) in [5, 5.41) is 6.46. The standard InChI is InChI=1S/C24H19ClF3IN4O3/c1-12-6-9-17(29)19(20(12)25)21-31-23(35)33(32-21)15-7-8-16(18(11-15)36-2)22(34)30-14-5-3-4-13(10-14)24(26,27)28/h3-12,20H,1-2H3,(H,30,34)(H,31,32,35). The summed E-state index contributed by atoms with van der Waals surface area (Å²) >= 11 is 8.69. The molecule has 1 amide bonds. The quantitative estimate of drug-likeness (QED) is 0.276. The summed E-state index contributed by atoms with van der Waals surface area (Å²) in [6.07, 6.45) is -0.650. The van der Waals surface area contributed by atoms with Crippen molar-refractivity contribution in [3.8, 4) is 11.4 Å². The Bertz CT molecular complexity index is 1440. The van der Waals surface area contributed by atoms with Crippen molar-refractivity contribution in [2.75, 3.05) is 12.4 Å². The van der Waals surface area contributed by atoms with Gasteiger partial charge < -0.3 is 10.1 Å². The number of amides is 1. The molecule has 4 rings (SSSR count). The van der Waals surface area contributed by atoms with Gasteiger partial charge in [-0.05, 0) is 58.8 Å². The van der Waals surface area contributed by atoms with Gasteiger partial charge in [-0.2, -0.15) is 17.9 Å². The van der Waals surface area contributed by atoms with E-state index in [1.54, 1.807) is 0 Å². The summed E-state index contributed by atoms with van der Waals surface area (Å²) in [4.78, 5) is 28.2. The van der Waals surface area contributed by atoms with E-state index in [1.165, 1.54) is 37.4 Å². The van der Waals surface area contributed by atoms with Crippen LogP contribution in [0.3, 0.4) is 0 Å². The van der Waals surface area contributed by atoms with Crippen LogP contribution in [0.1, 0.15) is 28.7 Å². The summed E-state index contributed by atoms with van der Waals surface area (Å²) in [6.45, 7) is 1.96. The van der Waals surface area contributed by atoms with Crippen LogP contribution in [-0.2, 0) is 6.18 Å². The average molecular weight is 631 g/mol. The van der Waals surface area contributed by atoms with E-state index in [0.717, 1.165) is 20.4 Å². The second-order valence-electron chi connectivity index (χ2n) is 7.99. The number of methoxy groups -OCH3 is 1. The van der Waals surface area contributed by atoms with Crippen LogP contribution in [0.25, 0.3) is 11.3 Å². The summed E-state index contributed by atoms with van der Waals surface area (Å²) in [5.41, 5.74) is -0.349. The van der Waals surface area contributed by atoms with Gasteiger partial charge in [0.15, 0.2) is 5.82 Å². The van der Waals surface area contributed by atoms with Gasteiger partial charge in [-0.1, -0.05) is 25.1 Å². The lowest BCUT2D eigenvalue weighted by molar-refractivity contribution is -0.137. The monoisotopic (exact) mass is 630 g/mol. The van der Waals surface area contributed by atoms with Gasteiger partial charge in [0.05, 0.1) is 29.3 Å². The van der Waals surface area contributed by atoms with Crippen LogP contribution < -0.4 is 15.7 Å². The molecule has 0 saturated heterocycles. The van der Waals surface area contributed by atoms with E-state index >= 15 is 0 Å². The molecule has 2 N–H and O–H groups in total. The van der Waals surface area contributed by atoms with E-state index in [1.807, 2.05) is 19.1 Å². The van der Waals surface area contributed by atoms with E-state index in [0.29, 0.717) is 17.1 Å². The van der Waals surface area contributed by atoms with Crippen LogP contribution in [0.5, 0.6) is 5.75 Å². The van der Waals surface area contributed by atoms with E-state index in [-0.39, 0.29) is 28.3 Å². The number of anilines is 1. The van der Waals surface area contributed by atoms with Crippen LogP contribution in [0, 0.1) is 5.92 Å². The van der Waals surface area contributed by atoms with Crippen molar-refractivity contribution in [2.24, 2.45) is 5.92 Å². The smallest absolute Gasteiger partial charge is 0.416 e. The highest BCUT2D eigenvalue weighted by Gasteiger charge is 2.31. The van der Waals surface area contributed by atoms with E-state index in [4.69, 9.17) is 16.3 Å². The van der Waals surface area contributed by atoms with Crippen LogP contribution in [0.4, 0.5) is 18.9 Å². The van der Waals surface area contributed by atoms with Crippen LogP contribution in [0.2, 0.25) is 0 Å². The Balaban J connectivity index is 1.64. The Hall–Kier alpha value is -3.06. The third-order valence-corrected chi connectivity index (χ3v) is 7.09. The normalized spacial score (nSPS) is 17.9. The molecule has 2 aromatic carbocycles. The van der Waals surface area contributed by atoms with Crippen molar-refractivity contribution in [2.45, 2.75) is 18.5 Å². The second-order valence-corrected chi connectivity index (χ2v) is 9.62. The molecule has 3 aromatic rings. The van der Waals surface area contributed by atoms with Crippen molar-refractivity contribution >= 4 is 51.4 Å². The summed E-state index contributed by atoms with van der Waals surface area (Å²) in [7, 11) is 1.33. The molecule has 1 heterocycles. The summed E-state index contributed by atoms with van der Waals surface area (Å²) < 4.78 is 46.2. The first-order valence-electron chi connectivity index (χ1n) is 10.6. The fraction of sp³-hybridized carbons (Fsp3) is 0.208. The lowest BCUT2D eigenvalue weighted by Crippen LogP contribution is -2.17. The third kappa shape index (κ3) is 5.21. The highest BCUT2D eigenvalue weighted by atomic mass is 127. The molecule has 0 aliphatic heterocycles. The lowest BCUT2D eigenvalue weighted by atomic mass is 9.95. The molecule has 7 nitrogen and oxygen atoms in total. The zero-order valence-electron chi connectivity index (χ0n) is 18.9. The van der Waals surface area contributed by atoms with Gasteiger partial charge in [0.1, 0.15) is 5.75 Å². The molecule has 36 heavy (non-hydrogen) atoms. The number of allylic oxidation sites excluding steroid dienone is 4. The second kappa shape index (κ2) is 10.1. The van der Waals surface area contributed by atoms with Gasteiger partial charge in [-0.3, -0.25) is 9.78 Å². The maximum atomic E-state index is 13.0. The molecule has 2 atom stereocenters. The summed E-state index contributed by atoms with van der Waals surface area (Å²) in [6, 6.07) is 8.62. The van der Waals surface area contributed by atoms with Gasteiger partial charge >= 0.3 is 11.9 Å². The number of rotatable bonds is 5. The minimum atomic E-state index is -4.54. The van der Waals surface area contributed by atoms with Crippen LogP contribution in [0.15, 0.2) is 63.0 Å². The average Bonchev–Trinajstić information content (AvgIpc) is 3.21. The van der Waals surface area contributed by atoms with Crippen LogP contribution >= 0.6 is 34.2 Å². The van der Waals surface area contributed by atoms with E-state index in [2.05, 4.69) is 38.0 Å². The van der Waals surface area contributed by atoms with Gasteiger partial charge in [0.2, 0.25) is 0 Å². The first kappa shape index (κ1) is 26.0. The van der Waals surface area contributed by atoms with Crippen molar-refractivity contribution < 1.29 is 22.7 Å². The van der Waals surface area contributed by atoms with Crippen molar-refractivity contribution in [1.82, 2.24) is 14.8 Å². The number of hydrogen-bond donors (Lipinski definition) is 2. The van der Waals surface area contributed by atoms with Crippen molar-refractivity contribution in [1.29, 1.82) is 0 Å². The fourth-order valence-electron chi connectivity index (χ4n) is 3.65. The van der Waals surface area contributed by atoms with E-state index in [9.17, 15) is 22.8 Å². The molecule has 0 bridgehead atoms.